The van der Waals surface area contributed by atoms with Crippen molar-refractivity contribution in [2.75, 3.05) is 7.11 Å². The number of aryl methyl sites for hydroxylation is 1. The number of hydrogen-bond acceptors (Lipinski definition) is 6. The molecule has 30 heavy (non-hydrogen) atoms. The average molecular weight is 398 g/mol. The Balaban J connectivity index is 1.76. The molecular formula is C22H18N6O2. The SMILES string of the molecule is CCc1nn2c(nnc3c(=O)n(-c4ccccn4)ccc32)c1-c1ccc(OC)cc1. The van der Waals surface area contributed by atoms with Crippen molar-refractivity contribution >= 4 is 16.7 Å². The lowest BCUT2D eigenvalue weighted by molar-refractivity contribution is 0.415. The Kier molecular flexibility index (Phi) is 4.24. The molecule has 0 aliphatic heterocycles. The van der Waals surface area contributed by atoms with Crippen molar-refractivity contribution in [3.05, 3.63) is 77.0 Å². The number of aromatic nitrogens is 6. The Morgan fingerprint density at radius 1 is 1.03 bits per heavy atom. The van der Waals surface area contributed by atoms with Crippen LogP contribution in [0.25, 0.3) is 33.6 Å². The molecule has 0 saturated carbocycles. The van der Waals surface area contributed by atoms with Crippen LogP contribution >= 0.6 is 0 Å². The van der Waals surface area contributed by atoms with Crippen LogP contribution in [0.2, 0.25) is 0 Å². The maximum atomic E-state index is 13.0. The molecule has 148 valence electrons. The predicted molar refractivity (Wildman–Crippen MR) is 113 cm³/mol. The molecular weight excluding hydrogens is 380 g/mol. The highest BCUT2D eigenvalue weighted by molar-refractivity contribution is 5.84. The van der Waals surface area contributed by atoms with E-state index >= 15 is 0 Å². The minimum atomic E-state index is -0.292. The third-order valence-electron chi connectivity index (χ3n) is 5.06. The first kappa shape index (κ1) is 18.0. The van der Waals surface area contributed by atoms with Crippen LogP contribution in [0.1, 0.15) is 12.6 Å². The number of fused-ring (bicyclic) bond motifs is 3. The smallest absolute Gasteiger partial charge is 0.286 e. The number of rotatable bonds is 4. The van der Waals surface area contributed by atoms with Gasteiger partial charge in [0, 0.05) is 12.4 Å². The van der Waals surface area contributed by atoms with Crippen LogP contribution in [0.15, 0.2) is 65.7 Å². The summed E-state index contributed by atoms with van der Waals surface area (Å²) in [7, 11) is 1.64. The second kappa shape index (κ2) is 7.07. The third kappa shape index (κ3) is 2.73. The van der Waals surface area contributed by atoms with E-state index in [0.717, 1.165) is 29.0 Å². The third-order valence-corrected chi connectivity index (χ3v) is 5.06. The molecule has 0 atom stereocenters. The maximum absolute atomic E-state index is 13.0. The van der Waals surface area contributed by atoms with E-state index < -0.39 is 0 Å². The van der Waals surface area contributed by atoms with Crippen LogP contribution in [0.3, 0.4) is 0 Å². The van der Waals surface area contributed by atoms with Crippen molar-refractivity contribution in [1.29, 1.82) is 0 Å². The minimum absolute atomic E-state index is 0.238. The van der Waals surface area contributed by atoms with Crippen LogP contribution in [0.5, 0.6) is 5.75 Å². The molecule has 0 unspecified atom stereocenters. The van der Waals surface area contributed by atoms with Gasteiger partial charge in [0.25, 0.3) is 5.56 Å². The Bertz CT molecular complexity index is 1420. The molecule has 4 aromatic heterocycles. The first-order valence-electron chi connectivity index (χ1n) is 9.56. The monoisotopic (exact) mass is 398 g/mol. The molecule has 8 nitrogen and oxygen atoms in total. The molecule has 8 heteroatoms. The van der Waals surface area contributed by atoms with Crippen molar-refractivity contribution < 1.29 is 4.74 Å². The molecule has 0 saturated heterocycles. The van der Waals surface area contributed by atoms with Gasteiger partial charge in [0.1, 0.15) is 17.1 Å². The summed E-state index contributed by atoms with van der Waals surface area (Å²) in [6, 6.07) is 15.0. The normalized spacial score (nSPS) is 11.3. The van der Waals surface area contributed by atoms with Crippen molar-refractivity contribution in [1.82, 2.24) is 29.4 Å². The number of nitrogens with zero attached hydrogens (tertiary/aromatic N) is 6. The van der Waals surface area contributed by atoms with E-state index in [4.69, 9.17) is 9.84 Å². The Morgan fingerprint density at radius 2 is 1.87 bits per heavy atom. The van der Waals surface area contributed by atoms with E-state index in [9.17, 15) is 4.79 Å². The predicted octanol–water partition coefficient (Wildman–Crippen LogP) is 3.06. The van der Waals surface area contributed by atoms with E-state index in [1.165, 1.54) is 4.57 Å². The zero-order chi connectivity index (χ0) is 20.7. The summed E-state index contributed by atoms with van der Waals surface area (Å²) < 4.78 is 8.41. The van der Waals surface area contributed by atoms with Crippen LogP contribution in [-0.4, -0.2) is 36.5 Å². The molecule has 4 heterocycles. The van der Waals surface area contributed by atoms with E-state index in [0.29, 0.717) is 17.0 Å². The fourth-order valence-corrected chi connectivity index (χ4v) is 3.57. The molecule has 5 rings (SSSR count). The van der Waals surface area contributed by atoms with Gasteiger partial charge < -0.3 is 4.74 Å². The van der Waals surface area contributed by atoms with Crippen molar-refractivity contribution in [2.24, 2.45) is 0 Å². The first-order chi connectivity index (χ1) is 14.7. The largest absolute Gasteiger partial charge is 0.497 e. The number of benzene rings is 1. The second-order valence-electron chi connectivity index (χ2n) is 6.75. The number of ether oxygens (including phenoxy) is 1. The van der Waals surface area contributed by atoms with Gasteiger partial charge >= 0.3 is 0 Å². The Morgan fingerprint density at radius 3 is 2.57 bits per heavy atom. The summed E-state index contributed by atoms with van der Waals surface area (Å²) in [5.74, 6) is 1.31. The van der Waals surface area contributed by atoms with Crippen molar-refractivity contribution in [3.8, 4) is 22.7 Å². The van der Waals surface area contributed by atoms with Gasteiger partial charge in [-0.25, -0.2) is 9.50 Å². The van der Waals surface area contributed by atoms with Gasteiger partial charge in [-0.15, -0.1) is 10.2 Å². The molecule has 1 aromatic carbocycles. The standard InChI is InChI=1S/C22H18N6O2/c1-3-16-19(14-7-9-15(30-2)10-8-14)21-25-24-20-17(28(21)26-16)11-13-27(22(20)29)18-6-4-5-12-23-18/h4-13H,3H2,1-2H3. The van der Waals surface area contributed by atoms with Crippen LogP contribution in [-0.2, 0) is 6.42 Å². The lowest BCUT2D eigenvalue weighted by Crippen LogP contribution is -2.20. The summed E-state index contributed by atoms with van der Waals surface area (Å²) in [6.45, 7) is 2.04. The minimum Gasteiger partial charge on any atom is -0.497 e. The summed E-state index contributed by atoms with van der Waals surface area (Å²) in [6.07, 6.45) is 4.05. The highest BCUT2D eigenvalue weighted by Crippen LogP contribution is 2.30. The van der Waals surface area contributed by atoms with E-state index in [2.05, 4.69) is 15.2 Å². The molecule has 0 aliphatic rings. The lowest BCUT2D eigenvalue weighted by Gasteiger charge is -2.06. The topological polar surface area (TPSA) is 87.2 Å². The van der Waals surface area contributed by atoms with E-state index in [-0.39, 0.29) is 11.1 Å². The summed E-state index contributed by atoms with van der Waals surface area (Å²) in [5, 5.41) is 13.4. The van der Waals surface area contributed by atoms with Gasteiger partial charge in [-0.1, -0.05) is 25.1 Å². The first-order valence-corrected chi connectivity index (χ1v) is 9.56. The van der Waals surface area contributed by atoms with Gasteiger partial charge in [-0.05, 0) is 42.3 Å². The van der Waals surface area contributed by atoms with E-state index in [1.54, 1.807) is 36.2 Å². The molecule has 0 N–H and O–H groups in total. The second-order valence-corrected chi connectivity index (χ2v) is 6.75. The van der Waals surface area contributed by atoms with Gasteiger partial charge in [-0.2, -0.15) is 5.10 Å². The number of pyridine rings is 2. The average Bonchev–Trinajstić information content (AvgIpc) is 3.19. The molecule has 0 bridgehead atoms. The zero-order valence-electron chi connectivity index (χ0n) is 16.5. The highest BCUT2D eigenvalue weighted by atomic mass is 16.5. The summed E-state index contributed by atoms with van der Waals surface area (Å²) in [5.41, 5.74) is 3.92. The van der Waals surface area contributed by atoms with Crippen LogP contribution in [0.4, 0.5) is 0 Å². The fraction of sp³-hybridized carbons (Fsp3) is 0.136. The van der Waals surface area contributed by atoms with Crippen LogP contribution < -0.4 is 10.3 Å². The molecule has 0 fully saturated rings. The van der Waals surface area contributed by atoms with Gasteiger partial charge in [0.2, 0.25) is 0 Å². The fourth-order valence-electron chi connectivity index (χ4n) is 3.57. The van der Waals surface area contributed by atoms with Crippen molar-refractivity contribution in [3.63, 3.8) is 0 Å². The molecule has 0 radical (unpaired) electrons. The molecule has 0 spiro atoms. The van der Waals surface area contributed by atoms with E-state index in [1.807, 2.05) is 43.3 Å². The highest BCUT2D eigenvalue weighted by Gasteiger charge is 2.19. The molecule has 5 aromatic rings. The quantitative estimate of drug-likeness (QED) is 0.462. The Labute approximate surface area is 171 Å². The maximum Gasteiger partial charge on any atom is 0.286 e. The Hall–Kier alpha value is -4.07. The van der Waals surface area contributed by atoms with Crippen molar-refractivity contribution in [2.45, 2.75) is 13.3 Å². The summed E-state index contributed by atoms with van der Waals surface area (Å²) >= 11 is 0. The van der Waals surface area contributed by atoms with Crippen LogP contribution in [0, 0.1) is 0 Å². The van der Waals surface area contributed by atoms with Gasteiger partial charge in [0.15, 0.2) is 11.2 Å². The number of hydrogen-bond donors (Lipinski definition) is 0. The summed E-state index contributed by atoms with van der Waals surface area (Å²) in [4.78, 5) is 17.3. The number of methoxy groups -OCH3 is 1. The lowest BCUT2D eigenvalue weighted by atomic mass is 10.0. The molecule has 0 amide bonds. The zero-order valence-corrected chi connectivity index (χ0v) is 16.5. The molecule has 0 aliphatic carbocycles. The van der Waals surface area contributed by atoms with Gasteiger partial charge in [0.05, 0.1) is 18.4 Å². The van der Waals surface area contributed by atoms with Gasteiger partial charge in [-0.3, -0.25) is 9.36 Å².